The first-order valence-electron chi connectivity index (χ1n) is 15.1. The van der Waals surface area contributed by atoms with Crippen molar-refractivity contribution >= 4 is 0 Å². The van der Waals surface area contributed by atoms with Crippen molar-refractivity contribution in [2.24, 2.45) is 23.2 Å². The number of hydrogen-bond donors (Lipinski definition) is 3. The quantitative estimate of drug-likeness (QED) is 0.352. The third-order valence-corrected chi connectivity index (χ3v) is 9.97. The molecule has 1 aromatic rings. The zero-order chi connectivity index (χ0) is 27.5. The summed E-state index contributed by atoms with van der Waals surface area (Å²) in [7, 11) is 0. The number of aliphatic hydroxyl groups excluding tert-OH is 2. The van der Waals surface area contributed by atoms with Crippen LogP contribution in [0.2, 0.25) is 0 Å². The number of aryl methyl sites for hydroxylation is 1. The van der Waals surface area contributed by atoms with Crippen LogP contribution in [0.1, 0.15) is 104 Å². The maximum atomic E-state index is 10.5. The number of rotatable bonds is 10. The summed E-state index contributed by atoms with van der Waals surface area (Å²) in [5, 5.41) is 39.5. The topological polar surface area (TPSA) is 91.4 Å². The lowest BCUT2D eigenvalue weighted by Crippen LogP contribution is -2.36. The number of hydrogen-bond acceptors (Lipinski definition) is 5. The van der Waals surface area contributed by atoms with Crippen molar-refractivity contribution in [1.29, 1.82) is 0 Å². The average Bonchev–Trinajstić information content (AvgIpc) is 3.43. The molecular formula is C32H51N3O3. The molecule has 0 spiro atoms. The van der Waals surface area contributed by atoms with E-state index in [1.807, 2.05) is 17.8 Å². The summed E-state index contributed by atoms with van der Waals surface area (Å²) >= 11 is 0. The molecule has 0 saturated heterocycles. The van der Waals surface area contributed by atoms with Gasteiger partial charge in [-0.3, -0.25) is 4.68 Å². The summed E-state index contributed by atoms with van der Waals surface area (Å²) in [4.78, 5) is 0. The van der Waals surface area contributed by atoms with E-state index in [1.165, 1.54) is 32.1 Å². The first-order valence-corrected chi connectivity index (χ1v) is 15.1. The third-order valence-electron chi connectivity index (χ3n) is 9.97. The van der Waals surface area contributed by atoms with E-state index in [1.54, 1.807) is 5.57 Å². The SMILES string of the molecule is C=C1/C(=C\C=C2CCC[C@]3(C)[C@@H]([C@H](C)CCCn4cc(CC(C)(O)CCC)nn4)CC[C@@H]23)C[C@H](O)CC1O. The normalized spacial score (nSPS) is 34.4. The minimum Gasteiger partial charge on any atom is -0.393 e. The van der Waals surface area contributed by atoms with E-state index in [-0.39, 0.29) is 0 Å². The summed E-state index contributed by atoms with van der Waals surface area (Å²) < 4.78 is 1.95. The lowest BCUT2D eigenvalue weighted by atomic mass is 9.60. The Hall–Kier alpha value is -1.76. The van der Waals surface area contributed by atoms with Gasteiger partial charge in [0.25, 0.3) is 0 Å². The fraction of sp³-hybridized carbons (Fsp3) is 0.750. The highest BCUT2D eigenvalue weighted by atomic mass is 16.3. The molecule has 2 unspecified atom stereocenters. The minimum absolute atomic E-state index is 0.343. The molecule has 7 atom stereocenters. The average molecular weight is 526 g/mol. The molecule has 3 aliphatic carbocycles. The second-order valence-electron chi connectivity index (χ2n) is 13.2. The van der Waals surface area contributed by atoms with Crippen LogP contribution in [-0.2, 0) is 13.0 Å². The Kier molecular flexibility index (Phi) is 9.37. The van der Waals surface area contributed by atoms with Gasteiger partial charge < -0.3 is 15.3 Å². The van der Waals surface area contributed by atoms with Crippen LogP contribution in [0.25, 0.3) is 0 Å². The highest BCUT2D eigenvalue weighted by molar-refractivity contribution is 5.38. The monoisotopic (exact) mass is 525 g/mol. The van der Waals surface area contributed by atoms with Gasteiger partial charge in [0.1, 0.15) is 0 Å². The van der Waals surface area contributed by atoms with E-state index in [2.05, 4.69) is 49.8 Å². The summed E-state index contributed by atoms with van der Waals surface area (Å²) in [5.41, 5.74) is 3.83. The number of nitrogens with zero attached hydrogens (tertiary/aromatic N) is 3. The van der Waals surface area contributed by atoms with Gasteiger partial charge in [-0.05, 0) is 99.0 Å². The molecule has 0 radical (unpaired) electrons. The number of aromatic nitrogens is 3. The van der Waals surface area contributed by atoms with Crippen LogP contribution < -0.4 is 0 Å². The van der Waals surface area contributed by atoms with Crippen molar-refractivity contribution in [2.45, 2.75) is 129 Å². The summed E-state index contributed by atoms with van der Waals surface area (Å²) in [5.74, 6) is 2.02. The van der Waals surface area contributed by atoms with Gasteiger partial charge in [-0.25, -0.2) is 0 Å². The van der Waals surface area contributed by atoms with Gasteiger partial charge in [0.2, 0.25) is 0 Å². The van der Waals surface area contributed by atoms with E-state index < -0.39 is 17.8 Å². The van der Waals surface area contributed by atoms with Gasteiger partial charge in [0, 0.05) is 25.6 Å². The fourth-order valence-corrected chi connectivity index (χ4v) is 8.00. The minimum atomic E-state index is -0.713. The molecule has 0 aliphatic heterocycles. The Labute approximate surface area is 229 Å². The molecule has 0 aromatic carbocycles. The molecule has 6 nitrogen and oxygen atoms in total. The van der Waals surface area contributed by atoms with E-state index in [0.29, 0.717) is 36.5 Å². The van der Waals surface area contributed by atoms with E-state index >= 15 is 0 Å². The Morgan fingerprint density at radius 1 is 1.29 bits per heavy atom. The first-order chi connectivity index (χ1) is 18.0. The second-order valence-corrected chi connectivity index (χ2v) is 13.2. The van der Waals surface area contributed by atoms with Gasteiger partial charge in [0.05, 0.1) is 23.5 Å². The zero-order valence-electron chi connectivity index (χ0n) is 24.2. The molecular weight excluding hydrogens is 474 g/mol. The molecule has 3 fully saturated rings. The molecule has 4 rings (SSSR count). The molecule has 1 aromatic heterocycles. The van der Waals surface area contributed by atoms with Crippen molar-refractivity contribution in [3.05, 3.63) is 47.3 Å². The number of allylic oxidation sites excluding steroid dienone is 3. The molecule has 3 N–H and O–H groups in total. The molecule has 3 saturated carbocycles. The highest BCUT2D eigenvalue weighted by Gasteiger charge is 2.50. The van der Waals surface area contributed by atoms with Gasteiger partial charge >= 0.3 is 0 Å². The number of fused-ring (bicyclic) bond motifs is 1. The number of aliphatic hydroxyl groups is 3. The van der Waals surface area contributed by atoms with Crippen LogP contribution >= 0.6 is 0 Å². The Morgan fingerprint density at radius 3 is 2.84 bits per heavy atom. The Morgan fingerprint density at radius 2 is 2.08 bits per heavy atom. The summed E-state index contributed by atoms with van der Waals surface area (Å²) in [6.07, 6.45) is 17.1. The lowest BCUT2D eigenvalue weighted by molar-refractivity contribution is 0.0495. The molecule has 3 aliphatic rings. The van der Waals surface area contributed by atoms with Crippen LogP contribution in [0.15, 0.2) is 41.6 Å². The van der Waals surface area contributed by atoms with Crippen LogP contribution in [-0.4, -0.2) is 48.1 Å². The lowest BCUT2D eigenvalue weighted by Gasteiger charge is -2.44. The molecule has 6 heteroatoms. The van der Waals surface area contributed by atoms with Gasteiger partial charge in [-0.2, -0.15) is 0 Å². The van der Waals surface area contributed by atoms with E-state index in [9.17, 15) is 15.3 Å². The van der Waals surface area contributed by atoms with Crippen molar-refractivity contribution < 1.29 is 15.3 Å². The Balaban J connectivity index is 1.33. The second kappa shape index (κ2) is 12.2. The molecule has 0 bridgehead atoms. The fourth-order valence-electron chi connectivity index (χ4n) is 8.00. The molecule has 0 amide bonds. The van der Waals surface area contributed by atoms with Crippen molar-refractivity contribution in [1.82, 2.24) is 15.0 Å². The van der Waals surface area contributed by atoms with Crippen LogP contribution in [0.4, 0.5) is 0 Å². The first kappa shape index (κ1) is 29.2. The van der Waals surface area contributed by atoms with Crippen molar-refractivity contribution in [2.75, 3.05) is 0 Å². The van der Waals surface area contributed by atoms with Crippen LogP contribution in [0, 0.1) is 23.2 Å². The van der Waals surface area contributed by atoms with Crippen LogP contribution in [0.3, 0.4) is 0 Å². The highest BCUT2D eigenvalue weighted by Crippen LogP contribution is 2.59. The van der Waals surface area contributed by atoms with Crippen LogP contribution in [0.5, 0.6) is 0 Å². The maximum Gasteiger partial charge on any atom is 0.0855 e. The van der Waals surface area contributed by atoms with Gasteiger partial charge in [-0.1, -0.05) is 56.7 Å². The predicted octanol–water partition coefficient (Wildman–Crippen LogP) is 5.93. The summed E-state index contributed by atoms with van der Waals surface area (Å²) in [6, 6.07) is 0. The van der Waals surface area contributed by atoms with Crippen molar-refractivity contribution in [3.63, 3.8) is 0 Å². The van der Waals surface area contributed by atoms with E-state index in [4.69, 9.17) is 0 Å². The Bertz CT molecular complexity index is 1020. The molecule has 38 heavy (non-hydrogen) atoms. The zero-order valence-corrected chi connectivity index (χ0v) is 24.2. The molecule has 1 heterocycles. The van der Waals surface area contributed by atoms with E-state index in [0.717, 1.165) is 55.0 Å². The maximum absolute atomic E-state index is 10.5. The third kappa shape index (κ3) is 6.68. The van der Waals surface area contributed by atoms with Gasteiger partial charge in [-0.15, -0.1) is 5.10 Å². The standard InChI is InChI=1S/C32H51N3O3/c1-6-15-31(4,38)20-26-21-35(34-33-26)17-8-9-22(2)28-13-14-29-24(10-7-16-32(28,29)5)11-12-25-18-27(36)19-30(37)23(25)3/h11-12,21-22,27-30,36-38H,3,6-10,13-20H2,1-2,4-5H3/b24-11?,25-12-/t22-,27+,28-,29+,30?,31?,32-/m1/s1. The van der Waals surface area contributed by atoms with Crippen molar-refractivity contribution in [3.8, 4) is 0 Å². The molecule has 212 valence electrons. The predicted molar refractivity (Wildman–Crippen MR) is 152 cm³/mol. The summed E-state index contributed by atoms with van der Waals surface area (Å²) in [6.45, 7) is 13.9. The smallest absolute Gasteiger partial charge is 0.0855 e. The van der Waals surface area contributed by atoms with Gasteiger partial charge in [0.15, 0.2) is 0 Å². The largest absolute Gasteiger partial charge is 0.393 e.